The van der Waals surface area contributed by atoms with Gasteiger partial charge in [0.05, 0.1) is 5.69 Å². The summed E-state index contributed by atoms with van der Waals surface area (Å²) in [5.41, 5.74) is 0.867. The molecular weight excluding hydrogens is 270 g/mol. The van der Waals surface area contributed by atoms with E-state index in [0.717, 1.165) is 12.2 Å². The van der Waals surface area contributed by atoms with E-state index in [1.807, 2.05) is 35.2 Å². The predicted molar refractivity (Wildman–Crippen MR) is 77.2 cm³/mol. The Balaban J connectivity index is 1.96. The number of nitrogens with one attached hydrogen (secondary N) is 2. The Bertz CT molecular complexity index is 612. The molecule has 3 rings (SSSR count). The number of anilines is 1. The van der Waals surface area contributed by atoms with Crippen LogP contribution in [0.3, 0.4) is 0 Å². The van der Waals surface area contributed by atoms with Gasteiger partial charge in [0, 0.05) is 26.7 Å². The SMILES string of the molecule is CNC(=O)C1CNCCN1c1nnnn1-c1ccccc1. The fourth-order valence-electron chi connectivity index (χ4n) is 2.44. The summed E-state index contributed by atoms with van der Waals surface area (Å²) in [6, 6.07) is 9.32. The quantitative estimate of drug-likeness (QED) is 0.767. The van der Waals surface area contributed by atoms with Crippen molar-refractivity contribution in [2.75, 3.05) is 31.6 Å². The lowest BCUT2D eigenvalue weighted by Crippen LogP contribution is -2.58. The highest BCUT2D eigenvalue weighted by Crippen LogP contribution is 2.18. The molecule has 0 radical (unpaired) electrons. The monoisotopic (exact) mass is 287 g/mol. The third-order valence-corrected chi connectivity index (χ3v) is 3.50. The molecule has 21 heavy (non-hydrogen) atoms. The fourth-order valence-corrected chi connectivity index (χ4v) is 2.44. The van der Waals surface area contributed by atoms with Crippen LogP contribution in [-0.2, 0) is 4.79 Å². The summed E-state index contributed by atoms with van der Waals surface area (Å²) in [5, 5.41) is 17.8. The number of carbonyl (C=O) groups is 1. The number of para-hydroxylation sites is 1. The van der Waals surface area contributed by atoms with Crippen LogP contribution in [0, 0.1) is 0 Å². The molecule has 1 aliphatic heterocycles. The van der Waals surface area contributed by atoms with Crippen LogP contribution in [0.2, 0.25) is 0 Å². The molecular formula is C13H17N7O. The zero-order valence-electron chi connectivity index (χ0n) is 11.7. The van der Waals surface area contributed by atoms with Gasteiger partial charge in [-0.2, -0.15) is 4.68 Å². The number of rotatable bonds is 3. The lowest BCUT2D eigenvalue weighted by atomic mass is 10.2. The standard InChI is InChI=1S/C13H17N7O/c1-14-12(21)11-9-15-7-8-19(11)13-16-17-18-20(13)10-5-3-2-4-6-10/h2-6,11,15H,7-9H2,1H3,(H,14,21). The van der Waals surface area contributed by atoms with Crippen molar-refractivity contribution >= 4 is 11.9 Å². The normalized spacial score (nSPS) is 18.5. The molecule has 1 aliphatic rings. The summed E-state index contributed by atoms with van der Waals surface area (Å²) in [6.45, 7) is 2.03. The molecule has 1 aromatic carbocycles. The second-order valence-corrected chi connectivity index (χ2v) is 4.75. The molecule has 1 atom stereocenters. The Kier molecular flexibility index (Phi) is 3.78. The average Bonchev–Trinajstić information content (AvgIpc) is 3.04. The largest absolute Gasteiger partial charge is 0.357 e. The third kappa shape index (κ3) is 2.57. The minimum absolute atomic E-state index is 0.0511. The molecule has 0 saturated carbocycles. The van der Waals surface area contributed by atoms with E-state index in [9.17, 15) is 4.79 Å². The van der Waals surface area contributed by atoms with Crippen molar-refractivity contribution in [3.63, 3.8) is 0 Å². The number of hydrogen-bond donors (Lipinski definition) is 2. The second kappa shape index (κ2) is 5.88. The predicted octanol–water partition coefficient (Wildman–Crippen LogP) is -0.813. The van der Waals surface area contributed by atoms with Crippen LogP contribution < -0.4 is 15.5 Å². The minimum atomic E-state index is -0.322. The lowest BCUT2D eigenvalue weighted by Gasteiger charge is -2.34. The lowest BCUT2D eigenvalue weighted by molar-refractivity contribution is -0.122. The van der Waals surface area contributed by atoms with Crippen LogP contribution in [0.5, 0.6) is 0 Å². The molecule has 8 heteroatoms. The van der Waals surface area contributed by atoms with Crippen LogP contribution in [0.4, 0.5) is 5.95 Å². The van der Waals surface area contributed by atoms with Crippen LogP contribution in [0.25, 0.3) is 5.69 Å². The number of tetrazole rings is 1. The molecule has 0 aliphatic carbocycles. The van der Waals surface area contributed by atoms with Gasteiger partial charge in [0.15, 0.2) is 0 Å². The Morgan fingerprint density at radius 1 is 1.38 bits per heavy atom. The number of nitrogens with zero attached hydrogens (tertiary/aromatic N) is 5. The molecule has 2 heterocycles. The molecule has 0 bridgehead atoms. The van der Waals surface area contributed by atoms with Crippen LogP contribution >= 0.6 is 0 Å². The Morgan fingerprint density at radius 2 is 2.19 bits per heavy atom. The average molecular weight is 287 g/mol. The number of aromatic nitrogens is 4. The number of likely N-dealkylation sites (N-methyl/N-ethyl adjacent to an activating group) is 1. The summed E-state index contributed by atoms with van der Waals surface area (Å²) in [7, 11) is 1.63. The van der Waals surface area contributed by atoms with E-state index in [0.29, 0.717) is 19.0 Å². The molecule has 1 amide bonds. The molecule has 0 spiro atoms. The van der Waals surface area contributed by atoms with Crippen LogP contribution in [0.15, 0.2) is 30.3 Å². The van der Waals surface area contributed by atoms with Crippen molar-refractivity contribution in [2.24, 2.45) is 0 Å². The van der Waals surface area contributed by atoms with Crippen LogP contribution in [-0.4, -0.2) is 58.8 Å². The molecule has 1 aromatic heterocycles. The van der Waals surface area contributed by atoms with Gasteiger partial charge in [0.25, 0.3) is 5.95 Å². The maximum absolute atomic E-state index is 12.0. The summed E-state index contributed by atoms with van der Waals surface area (Å²) >= 11 is 0. The van der Waals surface area contributed by atoms with Gasteiger partial charge in [0.2, 0.25) is 5.91 Å². The summed E-state index contributed by atoms with van der Waals surface area (Å²) in [4.78, 5) is 14.0. The Hall–Kier alpha value is -2.48. The van der Waals surface area contributed by atoms with E-state index in [4.69, 9.17) is 0 Å². The number of carbonyl (C=O) groups excluding carboxylic acids is 1. The highest BCUT2D eigenvalue weighted by molar-refractivity contribution is 5.85. The van der Waals surface area contributed by atoms with Crippen molar-refractivity contribution in [3.05, 3.63) is 30.3 Å². The van der Waals surface area contributed by atoms with E-state index in [-0.39, 0.29) is 11.9 Å². The van der Waals surface area contributed by atoms with Gasteiger partial charge in [0.1, 0.15) is 6.04 Å². The summed E-state index contributed by atoms with van der Waals surface area (Å²) in [5.74, 6) is 0.529. The molecule has 1 saturated heterocycles. The first-order valence-electron chi connectivity index (χ1n) is 6.84. The zero-order chi connectivity index (χ0) is 14.7. The number of benzene rings is 1. The van der Waals surface area contributed by atoms with Gasteiger partial charge in [-0.25, -0.2) is 0 Å². The molecule has 110 valence electrons. The molecule has 2 N–H and O–H groups in total. The van der Waals surface area contributed by atoms with E-state index in [2.05, 4.69) is 26.2 Å². The highest BCUT2D eigenvalue weighted by Gasteiger charge is 2.31. The first-order chi connectivity index (χ1) is 10.3. The maximum Gasteiger partial charge on any atom is 0.251 e. The van der Waals surface area contributed by atoms with Crippen molar-refractivity contribution in [1.29, 1.82) is 0 Å². The molecule has 1 unspecified atom stereocenters. The first-order valence-corrected chi connectivity index (χ1v) is 6.84. The third-order valence-electron chi connectivity index (χ3n) is 3.50. The van der Waals surface area contributed by atoms with Crippen molar-refractivity contribution < 1.29 is 4.79 Å². The first kappa shape index (κ1) is 13.5. The van der Waals surface area contributed by atoms with E-state index >= 15 is 0 Å². The summed E-state index contributed by atoms with van der Waals surface area (Å²) in [6.07, 6.45) is 0. The highest BCUT2D eigenvalue weighted by atomic mass is 16.2. The van der Waals surface area contributed by atoms with Gasteiger partial charge in [-0.3, -0.25) is 4.79 Å². The molecule has 8 nitrogen and oxygen atoms in total. The van der Waals surface area contributed by atoms with Crippen molar-refractivity contribution in [1.82, 2.24) is 30.8 Å². The van der Waals surface area contributed by atoms with Gasteiger partial charge in [-0.05, 0) is 22.6 Å². The minimum Gasteiger partial charge on any atom is -0.357 e. The topological polar surface area (TPSA) is 88.0 Å². The van der Waals surface area contributed by atoms with Crippen molar-refractivity contribution in [3.8, 4) is 5.69 Å². The van der Waals surface area contributed by atoms with Gasteiger partial charge < -0.3 is 15.5 Å². The molecule has 1 fully saturated rings. The second-order valence-electron chi connectivity index (χ2n) is 4.75. The Morgan fingerprint density at radius 3 is 2.95 bits per heavy atom. The Labute approximate surface area is 122 Å². The maximum atomic E-state index is 12.0. The van der Waals surface area contributed by atoms with Crippen LogP contribution in [0.1, 0.15) is 0 Å². The van der Waals surface area contributed by atoms with E-state index in [1.54, 1.807) is 11.7 Å². The summed E-state index contributed by atoms with van der Waals surface area (Å²) < 4.78 is 1.65. The number of hydrogen-bond acceptors (Lipinski definition) is 6. The van der Waals surface area contributed by atoms with Gasteiger partial charge in [-0.1, -0.05) is 23.3 Å². The molecule has 2 aromatic rings. The van der Waals surface area contributed by atoms with Gasteiger partial charge in [-0.15, -0.1) is 0 Å². The van der Waals surface area contributed by atoms with E-state index in [1.165, 1.54) is 0 Å². The smallest absolute Gasteiger partial charge is 0.251 e. The number of amides is 1. The fraction of sp³-hybridized carbons (Fsp3) is 0.385. The zero-order valence-corrected chi connectivity index (χ0v) is 11.7. The van der Waals surface area contributed by atoms with E-state index < -0.39 is 0 Å². The van der Waals surface area contributed by atoms with Gasteiger partial charge >= 0.3 is 0 Å². The van der Waals surface area contributed by atoms with Crippen molar-refractivity contribution in [2.45, 2.75) is 6.04 Å². The number of piperazine rings is 1.